The summed E-state index contributed by atoms with van der Waals surface area (Å²) in [7, 11) is 1.66. The van der Waals surface area contributed by atoms with Crippen molar-refractivity contribution >= 4 is 23.3 Å². The van der Waals surface area contributed by atoms with Crippen LogP contribution in [0.15, 0.2) is 42.7 Å². The molecule has 0 radical (unpaired) electrons. The summed E-state index contributed by atoms with van der Waals surface area (Å²) in [5, 5.41) is 0. The Balaban J connectivity index is 2.09. The number of hydrogen-bond acceptors (Lipinski definition) is 3. The van der Waals surface area contributed by atoms with Gasteiger partial charge in [-0.05, 0) is 36.0 Å². The summed E-state index contributed by atoms with van der Waals surface area (Å²) >= 11 is 5.38. The van der Waals surface area contributed by atoms with E-state index in [1.54, 1.807) is 13.3 Å². The molecule has 0 spiro atoms. The van der Waals surface area contributed by atoms with Gasteiger partial charge in [-0.2, -0.15) is 0 Å². The average Bonchev–Trinajstić information content (AvgIpc) is 2.75. The number of ether oxygens (including phenoxy) is 1. The van der Waals surface area contributed by atoms with Crippen molar-refractivity contribution in [2.45, 2.75) is 6.54 Å². The monoisotopic (exact) mass is 271 g/mol. The first kappa shape index (κ1) is 11.9. The summed E-state index contributed by atoms with van der Waals surface area (Å²) in [6, 6.07) is 9.86. The van der Waals surface area contributed by atoms with E-state index in [-0.39, 0.29) is 0 Å². The molecule has 3 rings (SSSR count). The number of nitrogens with one attached hydrogen (secondary N) is 1. The average molecular weight is 271 g/mol. The number of H-pyrrole nitrogens is 1. The van der Waals surface area contributed by atoms with Crippen LogP contribution in [0.1, 0.15) is 5.56 Å². The first-order chi connectivity index (χ1) is 9.28. The predicted octanol–water partition coefficient (Wildman–Crippen LogP) is 3.15. The molecule has 2 aromatic heterocycles. The minimum atomic E-state index is 0.701. The van der Waals surface area contributed by atoms with E-state index < -0.39 is 0 Å². The Bertz CT molecular complexity index is 761. The normalized spacial score (nSPS) is 10.8. The highest BCUT2D eigenvalue weighted by Gasteiger charge is 2.06. The summed E-state index contributed by atoms with van der Waals surface area (Å²) in [6.07, 6.45) is 3.62. The number of hydrogen-bond donors (Lipinski definition) is 1. The molecular formula is C14H13N3OS. The lowest BCUT2D eigenvalue weighted by Crippen LogP contribution is -1.99. The fourth-order valence-electron chi connectivity index (χ4n) is 2.10. The van der Waals surface area contributed by atoms with E-state index in [2.05, 4.69) is 14.5 Å². The highest BCUT2D eigenvalue weighted by Crippen LogP contribution is 2.21. The zero-order valence-corrected chi connectivity index (χ0v) is 11.3. The molecule has 2 heterocycles. The van der Waals surface area contributed by atoms with Crippen molar-refractivity contribution in [2.24, 2.45) is 0 Å². The van der Waals surface area contributed by atoms with E-state index in [9.17, 15) is 0 Å². The van der Waals surface area contributed by atoms with Gasteiger partial charge in [-0.25, -0.2) is 0 Å². The molecule has 0 unspecified atom stereocenters. The Labute approximate surface area is 115 Å². The maximum absolute atomic E-state index is 5.38. The van der Waals surface area contributed by atoms with Gasteiger partial charge in [0.1, 0.15) is 5.75 Å². The van der Waals surface area contributed by atoms with Crippen LogP contribution >= 0.6 is 12.2 Å². The minimum absolute atomic E-state index is 0.701. The zero-order valence-electron chi connectivity index (χ0n) is 10.5. The molecule has 0 saturated carbocycles. The number of pyridine rings is 1. The molecule has 5 heteroatoms. The van der Waals surface area contributed by atoms with Crippen LogP contribution < -0.4 is 4.74 Å². The number of benzene rings is 1. The maximum atomic E-state index is 5.38. The smallest absolute Gasteiger partial charge is 0.178 e. The number of aromatic amines is 1. The van der Waals surface area contributed by atoms with Gasteiger partial charge in [0.15, 0.2) is 4.77 Å². The Morgan fingerprint density at radius 2 is 2.26 bits per heavy atom. The van der Waals surface area contributed by atoms with Gasteiger partial charge in [0.05, 0.1) is 24.7 Å². The molecule has 3 aromatic rings. The van der Waals surface area contributed by atoms with Crippen LogP contribution in [0.4, 0.5) is 0 Å². The summed E-state index contributed by atoms with van der Waals surface area (Å²) in [5.74, 6) is 0.817. The van der Waals surface area contributed by atoms with Crippen LogP contribution in [0.2, 0.25) is 0 Å². The SMILES string of the molecule is COc1ccc2c(c1)[nH]c(=S)n2Cc1cccnc1. The molecule has 96 valence electrons. The predicted molar refractivity (Wildman–Crippen MR) is 77.0 cm³/mol. The van der Waals surface area contributed by atoms with Crippen LogP contribution in [0.5, 0.6) is 5.75 Å². The van der Waals surface area contributed by atoms with Crippen LogP contribution in [-0.2, 0) is 6.54 Å². The van der Waals surface area contributed by atoms with E-state index >= 15 is 0 Å². The summed E-state index contributed by atoms with van der Waals surface area (Å²) in [5.41, 5.74) is 3.17. The van der Waals surface area contributed by atoms with Crippen molar-refractivity contribution in [3.63, 3.8) is 0 Å². The lowest BCUT2D eigenvalue weighted by atomic mass is 10.2. The third-order valence-electron chi connectivity index (χ3n) is 3.04. The number of imidazole rings is 1. The molecule has 0 aliphatic carbocycles. The molecule has 0 aliphatic heterocycles. The van der Waals surface area contributed by atoms with E-state index in [0.717, 1.165) is 22.3 Å². The summed E-state index contributed by atoms with van der Waals surface area (Å²) in [4.78, 5) is 7.32. The van der Waals surface area contributed by atoms with Gasteiger partial charge >= 0.3 is 0 Å². The third-order valence-corrected chi connectivity index (χ3v) is 3.37. The van der Waals surface area contributed by atoms with Gasteiger partial charge in [-0.15, -0.1) is 0 Å². The Hall–Kier alpha value is -2.14. The second-order valence-corrected chi connectivity index (χ2v) is 4.65. The number of methoxy groups -OCH3 is 1. The molecule has 0 amide bonds. The van der Waals surface area contributed by atoms with Crippen molar-refractivity contribution in [3.05, 3.63) is 53.1 Å². The fourth-order valence-corrected chi connectivity index (χ4v) is 2.37. The molecule has 0 bridgehead atoms. The molecular weight excluding hydrogens is 258 g/mol. The van der Waals surface area contributed by atoms with Gasteiger partial charge in [-0.1, -0.05) is 6.07 Å². The maximum Gasteiger partial charge on any atom is 0.178 e. The van der Waals surface area contributed by atoms with Crippen molar-refractivity contribution in [2.75, 3.05) is 7.11 Å². The van der Waals surface area contributed by atoms with Crippen LogP contribution in [0.3, 0.4) is 0 Å². The lowest BCUT2D eigenvalue weighted by Gasteiger charge is -2.05. The molecule has 1 aromatic carbocycles. The quantitative estimate of drug-likeness (QED) is 0.744. The summed E-state index contributed by atoms with van der Waals surface area (Å²) in [6.45, 7) is 0.707. The number of rotatable bonds is 3. The van der Waals surface area contributed by atoms with E-state index in [1.165, 1.54) is 0 Å². The standard InChI is InChI=1S/C14H13N3OS/c1-18-11-4-5-13-12(7-11)16-14(19)17(13)9-10-3-2-6-15-8-10/h2-8H,9H2,1H3,(H,16,19). The highest BCUT2D eigenvalue weighted by atomic mass is 32.1. The van der Waals surface area contributed by atoms with Gasteiger partial charge in [0, 0.05) is 18.5 Å². The first-order valence-corrected chi connectivity index (χ1v) is 6.34. The zero-order chi connectivity index (χ0) is 13.2. The van der Waals surface area contributed by atoms with Crippen molar-refractivity contribution in [1.29, 1.82) is 0 Å². The Kier molecular flexibility index (Phi) is 3.05. The number of fused-ring (bicyclic) bond motifs is 1. The van der Waals surface area contributed by atoms with Gasteiger partial charge in [0.2, 0.25) is 0 Å². The van der Waals surface area contributed by atoms with E-state index in [4.69, 9.17) is 17.0 Å². The van der Waals surface area contributed by atoms with Crippen molar-refractivity contribution in [3.8, 4) is 5.75 Å². The van der Waals surface area contributed by atoms with Gasteiger partial charge in [0.25, 0.3) is 0 Å². The molecule has 0 saturated heterocycles. The van der Waals surface area contributed by atoms with Gasteiger partial charge in [-0.3, -0.25) is 4.98 Å². The third kappa shape index (κ3) is 2.24. The second-order valence-electron chi connectivity index (χ2n) is 4.26. The molecule has 1 N–H and O–H groups in total. The lowest BCUT2D eigenvalue weighted by molar-refractivity contribution is 0.415. The summed E-state index contributed by atoms with van der Waals surface area (Å²) < 4.78 is 7.97. The van der Waals surface area contributed by atoms with Gasteiger partial charge < -0.3 is 14.3 Å². The number of aromatic nitrogens is 3. The Morgan fingerprint density at radius 3 is 3.00 bits per heavy atom. The van der Waals surface area contributed by atoms with Crippen molar-refractivity contribution < 1.29 is 4.74 Å². The molecule has 4 nitrogen and oxygen atoms in total. The second kappa shape index (κ2) is 4.85. The van der Waals surface area contributed by atoms with E-state index in [0.29, 0.717) is 11.3 Å². The van der Waals surface area contributed by atoms with E-state index in [1.807, 2.05) is 36.5 Å². The topological polar surface area (TPSA) is 42.8 Å². The first-order valence-electron chi connectivity index (χ1n) is 5.93. The number of nitrogens with zero attached hydrogens (tertiary/aromatic N) is 2. The molecule has 0 aliphatic rings. The largest absolute Gasteiger partial charge is 0.497 e. The minimum Gasteiger partial charge on any atom is -0.497 e. The van der Waals surface area contributed by atoms with Crippen LogP contribution in [-0.4, -0.2) is 21.6 Å². The van der Waals surface area contributed by atoms with Crippen molar-refractivity contribution in [1.82, 2.24) is 14.5 Å². The highest BCUT2D eigenvalue weighted by molar-refractivity contribution is 7.71. The molecule has 19 heavy (non-hydrogen) atoms. The Morgan fingerprint density at radius 1 is 1.37 bits per heavy atom. The molecule has 0 fully saturated rings. The fraction of sp³-hybridized carbons (Fsp3) is 0.143. The van der Waals surface area contributed by atoms with Crippen LogP contribution in [0, 0.1) is 4.77 Å². The molecule has 0 atom stereocenters. The van der Waals surface area contributed by atoms with Crippen LogP contribution in [0.25, 0.3) is 11.0 Å².